The number of piperidine rings is 1. The SMILES string of the molecule is COc1cccnc1C(=O)C1CC2CCC(C1)N2. The molecule has 2 aliphatic rings. The molecular formula is C14H18N2O2. The van der Waals surface area contributed by atoms with Crippen LogP contribution in [0.4, 0.5) is 0 Å². The number of nitrogens with zero attached hydrogens (tertiary/aromatic N) is 1. The van der Waals surface area contributed by atoms with Crippen molar-refractivity contribution < 1.29 is 9.53 Å². The molecule has 1 aromatic heterocycles. The van der Waals surface area contributed by atoms with E-state index in [1.54, 1.807) is 25.4 Å². The van der Waals surface area contributed by atoms with Crippen LogP contribution >= 0.6 is 0 Å². The monoisotopic (exact) mass is 246 g/mol. The minimum Gasteiger partial charge on any atom is -0.494 e. The summed E-state index contributed by atoms with van der Waals surface area (Å²) < 4.78 is 5.23. The first-order chi connectivity index (χ1) is 8.78. The summed E-state index contributed by atoms with van der Waals surface area (Å²) in [5, 5.41) is 3.55. The number of methoxy groups -OCH3 is 1. The standard InChI is InChI=1S/C14H18N2O2/c1-18-12-3-2-6-15-13(12)14(17)9-7-10-4-5-11(8-9)16-10/h2-3,6,9-11,16H,4-5,7-8H2,1H3. The van der Waals surface area contributed by atoms with Crippen molar-refractivity contribution in [3.8, 4) is 5.75 Å². The molecule has 18 heavy (non-hydrogen) atoms. The summed E-state index contributed by atoms with van der Waals surface area (Å²) in [6.07, 6.45) is 5.94. The fraction of sp³-hybridized carbons (Fsp3) is 0.571. The van der Waals surface area contributed by atoms with E-state index >= 15 is 0 Å². The third kappa shape index (κ3) is 2.01. The van der Waals surface area contributed by atoms with Gasteiger partial charge in [-0.3, -0.25) is 4.79 Å². The number of ketones is 1. The second-order valence-corrected chi connectivity index (χ2v) is 5.22. The number of Topliss-reactive ketones (excluding diaryl/α,β-unsaturated/α-hetero) is 1. The normalized spacial score (nSPS) is 30.2. The van der Waals surface area contributed by atoms with E-state index in [2.05, 4.69) is 10.3 Å². The Bertz CT molecular complexity index is 449. The van der Waals surface area contributed by atoms with Crippen LogP contribution in [0.5, 0.6) is 5.75 Å². The van der Waals surface area contributed by atoms with Crippen LogP contribution in [0.1, 0.15) is 36.2 Å². The van der Waals surface area contributed by atoms with E-state index in [0.29, 0.717) is 23.5 Å². The summed E-state index contributed by atoms with van der Waals surface area (Å²) in [7, 11) is 1.58. The zero-order valence-corrected chi connectivity index (χ0v) is 10.6. The first-order valence-corrected chi connectivity index (χ1v) is 6.57. The van der Waals surface area contributed by atoms with Crippen LogP contribution in [-0.2, 0) is 0 Å². The van der Waals surface area contributed by atoms with E-state index < -0.39 is 0 Å². The lowest BCUT2D eigenvalue weighted by Crippen LogP contribution is -2.40. The first-order valence-electron chi connectivity index (χ1n) is 6.57. The molecule has 2 aliphatic heterocycles. The Morgan fingerprint density at radius 3 is 2.78 bits per heavy atom. The maximum absolute atomic E-state index is 12.5. The highest BCUT2D eigenvalue weighted by Crippen LogP contribution is 2.33. The quantitative estimate of drug-likeness (QED) is 0.826. The van der Waals surface area contributed by atoms with Crippen LogP contribution in [0.3, 0.4) is 0 Å². The van der Waals surface area contributed by atoms with Gasteiger partial charge in [-0.2, -0.15) is 0 Å². The van der Waals surface area contributed by atoms with Gasteiger partial charge in [0.15, 0.2) is 5.78 Å². The number of fused-ring (bicyclic) bond motifs is 2. The first kappa shape index (κ1) is 11.7. The second kappa shape index (κ2) is 4.69. The summed E-state index contributed by atoms with van der Waals surface area (Å²) in [5.41, 5.74) is 0.492. The highest BCUT2D eigenvalue weighted by Gasteiger charge is 2.37. The van der Waals surface area contributed by atoms with Crippen LogP contribution in [0, 0.1) is 5.92 Å². The van der Waals surface area contributed by atoms with Crippen molar-refractivity contribution in [3.63, 3.8) is 0 Å². The van der Waals surface area contributed by atoms with Gasteiger partial charge in [-0.05, 0) is 37.8 Å². The minimum atomic E-state index is 0.104. The lowest BCUT2D eigenvalue weighted by Gasteiger charge is -2.28. The molecule has 1 aromatic rings. The summed E-state index contributed by atoms with van der Waals surface area (Å²) in [6.45, 7) is 0. The van der Waals surface area contributed by atoms with Crippen molar-refractivity contribution in [2.24, 2.45) is 5.92 Å². The molecule has 0 aliphatic carbocycles. The van der Waals surface area contributed by atoms with E-state index in [0.717, 1.165) is 12.8 Å². The third-order valence-electron chi connectivity index (χ3n) is 4.07. The van der Waals surface area contributed by atoms with Crippen LogP contribution < -0.4 is 10.1 Å². The molecule has 0 radical (unpaired) electrons. The number of rotatable bonds is 3. The van der Waals surface area contributed by atoms with Gasteiger partial charge in [0, 0.05) is 24.2 Å². The zero-order chi connectivity index (χ0) is 12.5. The maximum atomic E-state index is 12.5. The van der Waals surface area contributed by atoms with Crippen LogP contribution in [-0.4, -0.2) is 30.0 Å². The Balaban J connectivity index is 1.82. The predicted octanol–water partition coefficient (Wildman–Crippen LogP) is 1.80. The Kier molecular flexibility index (Phi) is 3.04. The largest absolute Gasteiger partial charge is 0.494 e. The Morgan fingerprint density at radius 1 is 1.39 bits per heavy atom. The molecule has 1 N–H and O–H groups in total. The Morgan fingerprint density at radius 2 is 2.11 bits per heavy atom. The summed E-state index contributed by atoms with van der Waals surface area (Å²) in [5.74, 6) is 0.840. The maximum Gasteiger partial charge on any atom is 0.188 e. The predicted molar refractivity (Wildman–Crippen MR) is 67.8 cm³/mol. The van der Waals surface area contributed by atoms with Gasteiger partial charge >= 0.3 is 0 Å². The van der Waals surface area contributed by atoms with Crippen molar-refractivity contribution in [2.75, 3.05) is 7.11 Å². The van der Waals surface area contributed by atoms with Crippen molar-refractivity contribution in [2.45, 2.75) is 37.8 Å². The fourth-order valence-corrected chi connectivity index (χ4v) is 3.21. The molecule has 96 valence electrons. The molecule has 3 rings (SSSR count). The molecule has 2 saturated heterocycles. The van der Waals surface area contributed by atoms with Gasteiger partial charge in [0.05, 0.1) is 7.11 Å². The fourth-order valence-electron chi connectivity index (χ4n) is 3.21. The number of hydrogen-bond acceptors (Lipinski definition) is 4. The number of pyridine rings is 1. The molecule has 2 unspecified atom stereocenters. The Hall–Kier alpha value is -1.42. The van der Waals surface area contributed by atoms with Crippen LogP contribution in [0.2, 0.25) is 0 Å². The van der Waals surface area contributed by atoms with Gasteiger partial charge in [-0.1, -0.05) is 0 Å². The zero-order valence-electron chi connectivity index (χ0n) is 10.6. The second-order valence-electron chi connectivity index (χ2n) is 5.22. The van der Waals surface area contributed by atoms with Crippen molar-refractivity contribution >= 4 is 5.78 Å². The van der Waals surface area contributed by atoms with Gasteiger partial charge in [0.1, 0.15) is 11.4 Å². The number of hydrogen-bond donors (Lipinski definition) is 1. The van der Waals surface area contributed by atoms with Crippen LogP contribution in [0.25, 0.3) is 0 Å². The van der Waals surface area contributed by atoms with E-state index in [4.69, 9.17) is 4.74 Å². The van der Waals surface area contributed by atoms with Gasteiger partial charge < -0.3 is 10.1 Å². The molecule has 0 aromatic carbocycles. The number of ether oxygens (including phenoxy) is 1. The molecule has 2 bridgehead atoms. The van der Waals surface area contributed by atoms with Gasteiger partial charge in [0.2, 0.25) is 0 Å². The summed E-state index contributed by atoms with van der Waals surface area (Å²) in [6, 6.07) is 4.64. The molecule has 4 nitrogen and oxygen atoms in total. The average Bonchev–Trinajstić information content (AvgIpc) is 2.76. The van der Waals surface area contributed by atoms with Crippen molar-refractivity contribution in [1.29, 1.82) is 0 Å². The molecule has 2 fully saturated rings. The van der Waals surface area contributed by atoms with E-state index in [1.807, 2.05) is 0 Å². The highest BCUT2D eigenvalue weighted by atomic mass is 16.5. The smallest absolute Gasteiger partial charge is 0.188 e. The molecule has 4 heteroatoms. The minimum absolute atomic E-state index is 0.104. The lowest BCUT2D eigenvalue weighted by atomic mass is 9.87. The molecular weight excluding hydrogens is 228 g/mol. The average molecular weight is 246 g/mol. The number of nitrogens with one attached hydrogen (secondary N) is 1. The Labute approximate surface area is 107 Å². The van der Waals surface area contributed by atoms with E-state index in [1.165, 1.54) is 12.8 Å². The van der Waals surface area contributed by atoms with Gasteiger partial charge in [-0.15, -0.1) is 0 Å². The van der Waals surface area contributed by atoms with Gasteiger partial charge in [-0.25, -0.2) is 4.98 Å². The van der Waals surface area contributed by atoms with Crippen molar-refractivity contribution in [3.05, 3.63) is 24.0 Å². The molecule has 2 atom stereocenters. The topological polar surface area (TPSA) is 51.2 Å². The molecule has 0 saturated carbocycles. The number of carbonyl (C=O) groups excluding carboxylic acids is 1. The number of aromatic nitrogens is 1. The molecule has 0 amide bonds. The molecule has 3 heterocycles. The van der Waals surface area contributed by atoms with E-state index in [9.17, 15) is 4.79 Å². The van der Waals surface area contributed by atoms with E-state index in [-0.39, 0.29) is 11.7 Å². The highest BCUT2D eigenvalue weighted by molar-refractivity contribution is 5.98. The van der Waals surface area contributed by atoms with Gasteiger partial charge in [0.25, 0.3) is 0 Å². The third-order valence-corrected chi connectivity index (χ3v) is 4.07. The lowest BCUT2D eigenvalue weighted by molar-refractivity contribution is 0.0867. The molecule has 0 spiro atoms. The van der Waals surface area contributed by atoms with Crippen molar-refractivity contribution in [1.82, 2.24) is 10.3 Å². The summed E-state index contributed by atoms with van der Waals surface area (Å²) >= 11 is 0. The summed E-state index contributed by atoms with van der Waals surface area (Å²) in [4.78, 5) is 16.7. The number of carbonyl (C=O) groups is 1. The van der Waals surface area contributed by atoms with Crippen LogP contribution in [0.15, 0.2) is 18.3 Å².